The highest BCUT2D eigenvalue weighted by atomic mass is 35.5. The molecule has 2 aromatic rings. The summed E-state index contributed by atoms with van der Waals surface area (Å²) in [5.41, 5.74) is -1.01. The van der Waals surface area contributed by atoms with E-state index in [0.717, 1.165) is 11.6 Å². The summed E-state index contributed by atoms with van der Waals surface area (Å²) < 4.78 is 44.1. The number of aromatic nitrogens is 1. The molecule has 1 heterocycles. The van der Waals surface area contributed by atoms with Gasteiger partial charge in [-0.1, -0.05) is 41.9 Å². The molecule has 0 saturated carbocycles. The second kappa shape index (κ2) is 9.72. The van der Waals surface area contributed by atoms with Gasteiger partial charge in [-0.25, -0.2) is 9.78 Å². The number of hydrogen-bond acceptors (Lipinski definition) is 5. The number of aliphatic hydroxyl groups is 2. The fourth-order valence-electron chi connectivity index (χ4n) is 2.39. The third-order valence-corrected chi connectivity index (χ3v) is 4.02. The molecule has 1 amide bonds. The Kier molecular flexibility index (Phi) is 7.61. The van der Waals surface area contributed by atoms with E-state index in [2.05, 4.69) is 10.3 Å². The SMILES string of the molecule is O=C(NCCC(O)C(O)c1cc(Cl)ncc1C(F)(F)F)OCc1ccccc1. The molecule has 10 heteroatoms. The van der Waals surface area contributed by atoms with Crippen molar-refractivity contribution in [3.63, 3.8) is 0 Å². The van der Waals surface area contributed by atoms with Crippen LogP contribution in [-0.2, 0) is 17.5 Å². The average Bonchev–Trinajstić information content (AvgIpc) is 2.65. The molecule has 0 fully saturated rings. The Balaban J connectivity index is 1.87. The van der Waals surface area contributed by atoms with Crippen LogP contribution in [0.4, 0.5) is 18.0 Å². The number of pyridine rings is 1. The standard InChI is InChI=1S/C18H18ClF3N2O4/c19-15-8-12(13(9-24-15)18(20,21)22)16(26)14(25)6-7-23-17(27)28-10-11-4-2-1-3-5-11/h1-5,8-9,14,16,25-26H,6-7,10H2,(H,23,27). The number of ether oxygens (including phenoxy) is 1. The molecule has 6 nitrogen and oxygen atoms in total. The van der Waals surface area contributed by atoms with Gasteiger partial charge in [0, 0.05) is 12.7 Å². The first-order valence-electron chi connectivity index (χ1n) is 8.22. The number of alkyl halides is 3. The predicted octanol–water partition coefficient (Wildman–Crippen LogP) is 3.46. The summed E-state index contributed by atoms with van der Waals surface area (Å²) >= 11 is 5.60. The van der Waals surface area contributed by atoms with Gasteiger partial charge in [-0.05, 0) is 23.6 Å². The molecule has 1 aromatic carbocycles. The number of carbonyl (C=O) groups excluding carboxylic acids is 1. The van der Waals surface area contributed by atoms with Crippen molar-refractivity contribution in [1.29, 1.82) is 0 Å². The summed E-state index contributed by atoms with van der Waals surface area (Å²) in [5.74, 6) is 0. The van der Waals surface area contributed by atoms with Crippen molar-refractivity contribution >= 4 is 17.7 Å². The maximum atomic E-state index is 13.0. The number of carbonyl (C=O) groups is 1. The molecule has 2 rings (SSSR count). The van der Waals surface area contributed by atoms with E-state index in [0.29, 0.717) is 6.20 Å². The minimum absolute atomic E-state index is 0.0440. The molecule has 0 aliphatic carbocycles. The lowest BCUT2D eigenvalue weighted by Gasteiger charge is -2.22. The van der Waals surface area contributed by atoms with E-state index in [1.807, 2.05) is 6.07 Å². The van der Waals surface area contributed by atoms with Gasteiger partial charge in [0.2, 0.25) is 0 Å². The first-order chi connectivity index (χ1) is 13.2. The van der Waals surface area contributed by atoms with E-state index in [1.165, 1.54) is 0 Å². The lowest BCUT2D eigenvalue weighted by molar-refractivity contribution is -0.140. The molecular formula is C18H18ClF3N2O4. The van der Waals surface area contributed by atoms with Crippen LogP contribution in [0, 0.1) is 0 Å². The molecule has 152 valence electrons. The predicted molar refractivity (Wildman–Crippen MR) is 94.5 cm³/mol. The monoisotopic (exact) mass is 418 g/mol. The summed E-state index contributed by atoms with van der Waals surface area (Å²) in [6.07, 6.45) is -8.68. The molecular weight excluding hydrogens is 401 g/mol. The largest absolute Gasteiger partial charge is 0.445 e. The Hall–Kier alpha value is -2.36. The van der Waals surface area contributed by atoms with Crippen molar-refractivity contribution < 1.29 is 32.9 Å². The van der Waals surface area contributed by atoms with Crippen LogP contribution < -0.4 is 5.32 Å². The topological polar surface area (TPSA) is 91.7 Å². The zero-order valence-electron chi connectivity index (χ0n) is 14.5. The third kappa shape index (κ3) is 6.36. The smallest absolute Gasteiger partial charge is 0.418 e. The maximum Gasteiger partial charge on any atom is 0.418 e. The van der Waals surface area contributed by atoms with E-state index >= 15 is 0 Å². The third-order valence-electron chi connectivity index (χ3n) is 3.81. The normalized spacial score (nSPS) is 13.6. The number of hydrogen-bond donors (Lipinski definition) is 3. The summed E-state index contributed by atoms with van der Waals surface area (Å²) in [5, 5.41) is 22.2. The Morgan fingerprint density at radius 2 is 1.93 bits per heavy atom. The molecule has 0 aliphatic rings. The van der Waals surface area contributed by atoms with Crippen LogP contribution >= 0.6 is 11.6 Å². The highest BCUT2D eigenvalue weighted by molar-refractivity contribution is 6.29. The van der Waals surface area contributed by atoms with Gasteiger partial charge < -0.3 is 20.3 Å². The van der Waals surface area contributed by atoms with Gasteiger partial charge in [0.15, 0.2) is 0 Å². The van der Waals surface area contributed by atoms with Crippen LogP contribution in [0.25, 0.3) is 0 Å². The number of benzene rings is 1. The molecule has 0 radical (unpaired) electrons. The molecule has 0 spiro atoms. The Labute approximate surface area is 163 Å². The van der Waals surface area contributed by atoms with Gasteiger partial charge in [0.25, 0.3) is 0 Å². The van der Waals surface area contributed by atoms with Gasteiger partial charge in [-0.3, -0.25) is 0 Å². The molecule has 1 aromatic heterocycles. The maximum absolute atomic E-state index is 13.0. The average molecular weight is 419 g/mol. The second-order valence-electron chi connectivity index (χ2n) is 5.88. The van der Waals surface area contributed by atoms with Crippen LogP contribution in [0.15, 0.2) is 42.6 Å². The lowest BCUT2D eigenvalue weighted by atomic mass is 9.98. The summed E-state index contributed by atoms with van der Waals surface area (Å²) in [4.78, 5) is 15.0. The first kappa shape index (κ1) is 21.9. The summed E-state index contributed by atoms with van der Waals surface area (Å²) in [6.45, 7) is -0.0751. The first-order valence-corrected chi connectivity index (χ1v) is 8.59. The lowest BCUT2D eigenvalue weighted by Crippen LogP contribution is -2.30. The van der Waals surface area contributed by atoms with Crippen LogP contribution in [0.5, 0.6) is 0 Å². The van der Waals surface area contributed by atoms with Crippen molar-refractivity contribution in [3.05, 3.63) is 64.4 Å². The minimum Gasteiger partial charge on any atom is -0.445 e. The van der Waals surface area contributed by atoms with Gasteiger partial charge in [0.05, 0.1) is 11.7 Å². The minimum atomic E-state index is -4.77. The van der Waals surface area contributed by atoms with Crippen LogP contribution in [-0.4, -0.2) is 33.9 Å². The number of nitrogens with one attached hydrogen (secondary N) is 1. The molecule has 28 heavy (non-hydrogen) atoms. The molecule has 2 unspecified atom stereocenters. The second-order valence-corrected chi connectivity index (χ2v) is 6.27. The number of rotatable bonds is 7. The highest BCUT2D eigenvalue weighted by Gasteiger charge is 2.37. The van der Waals surface area contributed by atoms with Crippen LogP contribution in [0.2, 0.25) is 5.15 Å². The molecule has 3 N–H and O–H groups in total. The van der Waals surface area contributed by atoms with Gasteiger partial charge in [-0.2, -0.15) is 13.2 Å². The van der Waals surface area contributed by atoms with Crippen LogP contribution in [0.3, 0.4) is 0 Å². The van der Waals surface area contributed by atoms with Gasteiger partial charge in [-0.15, -0.1) is 0 Å². The fraction of sp³-hybridized carbons (Fsp3) is 0.333. The highest BCUT2D eigenvalue weighted by Crippen LogP contribution is 2.36. The van der Waals surface area contributed by atoms with E-state index in [9.17, 15) is 28.2 Å². The van der Waals surface area contributed by atoms with E-state index in [-0.39, 0.29) is 24.7 Å². The fourth-order valence-corrected chi connectivity index (χ4v) is 2.55. The number of nitrogens with zero attached hydrogens (tertiary/aromatic N) is 1. The number of halogens is 4. The quantitative estimate of drug-likeness (QED) is 0.599. The van der Waals surface area contributed by atoms with Gasteiger partial charge in [0.1, 0.15) is 17.9 Å². The summed E-state index contributed by atoms with van der Waals surface area (Å²) in [7, 11) is 0. The van der Waals surface area contributed by atoms with Crippen LogP contribution in [0.1, 0.15) is 29.2 Å². The number of amides is 1. The van der Waals surface area contributed by atoms with Crippen molar-refractivity contribution in [2.75, 3.05) is 6.54 Å². The van der Waals surface area contributed by atoms with E-state index < -0.39 is 35.6 Å². The number of aliphatic hydroxyl groups excluding tert-OH is 2. The van der Waals surface area contributed by atoms with Crippen molar-refractivity contribution in [2.45, 2.75) is 31.4 Å². The molecule has 0 saturated heterocycles. The Bertz CT molecular complexity index is 790. The number of alkyl carbamates (subject to hydrolysis) is 1. The van der Waals surface area contributed by atoms with Crippen molar-refractivity contribution in [1.82, 2.24) is 10.3 Å². The Morgan fingerprint density at radius 3 is 2.57 bits per heavy atom. The van der Waals surface area contributed by atoms with Crippen molar-refractivity contribution in [3.8, 4) is 0 Å². The van der Waals surface area contributed by atoms with E-state index in [4.69, 9.17) is 16.3 Å². The van der Waals surface area contributed by atoms with Crippen molar-refractivity contribution in [2.24, 2.45) is 0 Å². The summed E-state index contributed by atoms with van der Waals surface area (Å²) in [6, 6.07) is 9.77. The molecule has 0 aliphatic heterocycles. The molecule has 2 atom stereocenters. The van der Waals surface area contributed by atoms with E-state index in [1.54, 1.807) is 24.3 Å². The molecule has 0 bridgehead atoms. The zero-order chi connectivity index (χ0) is 20.7. The van der Waals surface area contributed by atoms with Gasteiger partial charge >= 0.3 is 12.3 Å². The zero-order valence-corrected chi connectivity index (χ0v) is 15.2. The Morgan fingerprint density at radius 1 is 1.25 bits per heavy atom.